The van der Waals surface area contributed by atoms with Crippen LogP contribution in [0.25, 0.3) is 15.7 Å². The third-order valence-corrected chi connectivity index (χ3v) is 3.31. The highest BCUT2D eigenvalue weighted by Crippen LogP contribution is 2.22. The molecule has 0 aliphatic rings. The highest BCUT2D eigenvalue weighted by molar-refractivity contribution is 7.15. The zero-order valence-corrected chi connectivity index (χ0v) is 8.18. The summed E-state index contributed by atoms with van der Waals surface area (Å²) in [5, 5.41) is 4.97. The molecular weight excluding hydrogens is 202 g/mol. The van der Waals surface area contributed by atoms with Crippen molar-refractivity contribution in [2.45, 2.75) is 0 Å². The molecule has 3 aromatic rings. The van der Waals surface area contributed by atoms with E-state index in [1.807, 2.05) is 27.6 Å². The Kier molecular flexibility index (Phi) is 1.47. The van der Waals surface area contributed by atoms with Crippen molar-refractivity contribution in [3.05, 3.63) is 29.4 Å². The molecule has 0 aliphatic carbocycles. The van der Waals surface area contributed by atoms with Crippen LogP contribution in [0, 0.1) is 0 Å². The summed E-state index contributed by atoms with van der Waals surface area (Å²) < 4.78 is 2.02. The quantitative estimate of drug-likeness (QED) is 0.613. The highest BCUT2D eigenvalue weighted by Gasteiger charge is 2.06. The average molecular weight is 207 g/mol. The molecule has 0 saturated heterocycles. The van der Waals surface area contributed by atoms with E-state index in [0.717, 1.165) is 15.7 Å². The molecule has 3 aromatic heterocycles. The monoisotopic (exact) mass is 207 g/mol. The van der Waals surface area contributed by atoms with Crippen LogP contribution in [-0.4, -0.2) is 14.4 Å². The standard InChI is InChI=1S/C8H5N3S2/c1-3-12-7(9-1)6-5-11-2-4-13-8(11)10-6/h1-5H. The molecule has 0 aromatic carbocycles. The first-order valence-corrected chi connectivity index (χ1v) is 5.51. The number of nitrogens with zero attached hydrogens (tertiary/aromatic N) is 3. The Hall–Kier alpha value is -1.20. The van der Waals surface area contributed by atoms with Crippen LogP contribution in [0.2, 0.25) is 0 Å². The van der Waals surface area contributed by atoms with E-state index >= 15 is 0 Å². The van der Waals surface area contributed by atoms with E-state index in [0.29, 0.717) is 0 Å². The molecule has 0 N–H and O–H groups in total. The van der Waals surface area contributed by atoms with Crippen molar-refractivity contribution in [3.63, 3.8) is 0 Å². The van der Waals surface area contributed by atoms with Gasteiger partial charge in [0, 0.05) is 29.4 Å². The summed E-state index contributed by atoms with van der Waals surface area (Å²) in [5.41, 5.74) is 0.960. The Morgan fingerprint density at radius 3 is 3.00 bits per heavy atom. The number of aromatic nitrogens is 3. The Bertz CT molecular complexity index is 492. The van der Waals surface area contributed by atoms with Gasteiger partial charge in [0.1, 0.15) is 10.7 Å². The van der Waals surface area contributed by atoms with Gasteiger partial charge in [-0.15, -0.1) is 22.7 Å². The molecule has 64 valence electrons. The van der Waals surface area contributed by atoms with E-state index in [4.69, 9.17) is 0 Å². The predicted octanol–water partition coefficient (Wildman–Crippen LogP) is 2.52. The largest absolute Gasteiger partial charge is 0.297 e. The third kappa shape index (κ3) is 1.08. The van der Waals surface area contributed by atoms with Crippen LogP contribution >= 0.6 is 22.7 Å². The van der Waals surface area contributed by atoms with Crippen LogP contribution in [-0.2, 0) is 0 Å². The van der Waals surface area contributed by atoms with Crippen molar-refractivity contribution in [1.82, 2.24) is 14.4 Å². The third-order valence-electron chi connectivity index (χ3n) is 1.74. The second kappa shape index (κ2) is 2.65. The van der Waals surface area contributed by atoms with Crippen molar-refractivity contribution in [2.75, 3.05) is 0 Å². The molecule has 0 aliphatic heterocycles. The fourth-order valence-electron chi connectivity index (χ4n) is 1.18. The number of imidazole rings is 1. The molecule has 5 heteroatoms. The number of thiazole rings is 2. The summed E-state index contributed by atoms with van der Waals surface area (Å²) in [6.07, 6.45) is 5.81. The topological polar surface area (TPSA) is 30.2 Å². The molecule has 0 spiro atoms. The van der Waals surface area contributed by atoms with Crippen LogP contribution < -0.4 is 0 Å². The lowest BCUT2D eigenvalue weighted by atomic mass is 10.5. The lowest BCUT2D eigenvalue weighted by Gasteiger charge is -1.83. The molecular formula is C8H5N3S2. The van der Waals surface area contributed by atoms with Crippen LogP contribution in [0.5, 0.6) is 0 Å². The van der Waals surface area contributed by atoms with Crippen LogP contribution in [0.4, 0.5) is 0 Å². The summed E-state index contributed by atoms with van der Waals surface area (Å²) in [6, 6.07) is 0. The van der Waals surface area contributed by atoms with Gasteiger partial charge in [-0.25, -0.2) is 9.97 Å². The first-order valence-electron chi connectivity index (χ1n) is 3.75. The number of hydrogen-bond donors (Lipinski definition) is 0. The van der Waals surface area contributed by atoms with Crippen molar-refractivity contribution in [2.24, 2.45) is 0 Å². The normalized spacial score (nSPS) is 11.1. The molecule has 0 saturated carbocycles. The first kappa shape index (κ1) is 7.23. The molecule has 0 bridgehead atoms. The molecule has 0 atom stereocenters. The maximum Gasteiger partial charge on any atom is 0.194 e. The second-order valence-electron chi connectivity index (χ2n) is 2.56. The predicted molar refractivity (Wildman–Crippen MR) is 54.2 cm³/mol. The van der Waals surface area contributed by atoms with Gasteiger partial charge in [0.15, 0.2) is 4.96 Å². The van der Waals surface area contributed by atoms with Crippen LogP contribution in [0.1, 0.15) is 0 Å². The van der Waals surface area contributed by atoms with Gasteiger partial charge < -0.3 is 0 Å². The number of rotatable bonds is 1. The van der Waals surface area contributed by atoms with E-state index < -0.39 is 0 Å². The fourth-order valence-corrected chi connectivity index (χ4v) is 2.47. The van der Waals surface area contributed by atoms with Crippen LogP contribution in [0.3, 0.4) is 0 Å². The maximum absolute atomic E-state index is 4.44. The Balaban J connectivity index is 2.23. The van der Waals surface area contributed by atoms with Gasteiger partial charge in [-0.1, -0.05) is 0 Å². The molecule has 0 fully saturated rings. The second-order valence-corrected chi connectivity index (χ2v) is 4.32. The SMILES string of the molecule is c1csc(-c2cn3ccsc3n2)n1. The number of hydrogen-bond acceptors (Lipinski definition) is 4. The van der Waals surface area contributed by atoms with E-state index in [-0.39, 0.29) is 0 Å². The van der Waals surface area contributed by atoms with Crippen molar-refractivity contribution < 1.29 is 0 Å². The van der Waals surface area contributed by atoms with Crippen LogP contribution in [0.15, 0.2) is 29.4 Å². The summed E-state index contributed by atoms with van der Waals surface area (Å²) in [7, 11) is 0. The zero-order valence-electron chi connectivity index (χ0n) is 6.54. The zero-order chi connectivity index (χ0) is 8.67. The first-order chi connectivity index (χ1) is 6.43. The minimum atomic E-state index is 0.960. The highest BCUT2D eigenvalue weighted by atomic mass is 32.1. The molecule has 3 rings (SSSR count). The summed E-state index contributed by atoms with van der Waals surface area (Å²) in [4.78, 5) is 9.67. The average Bonchev–Trinajstić information content (AvgIpc) is 2.78. The van der Waals surface area contributed by atoms with Gasteiger partial charge >= 0.3 is 0 Å². The van der Waals surface area contributed by atoms with Crippen molar-refractivity contribution in [1.29, 1.82) is 0 Å². The molecule has 3 nitrogen and oxygen atoms in total. The van der Waals surface area contributed by atoms with Gasteiger partial charge in [-0.05, 0) is 0 Å². The minimum absolute atomic E-state index is 0.960. The maximum atomic E-state index is 4.44. The minimum Gasteiger partial charge on any atom is -0.297 e. The molecule has 13 heavy (non-hydrogen) atoms. The van der Waals surface area contributed by atoms with Crippen molar-refractivity contribution in [3.8, 4) is 10.7 Å². The lowest BCUT2D eigenvalue weighted by Crippen LogP contribution is -1.72. The van der Waals surface area contributed by atoms with Gasteiger partial charge in [0.2, 0.25) is 0 Å². The Morgan fingerprint density at radius 1 is 1.23 bits per heavy atom. The fraction of sp³-hybridized carbons (Fsp3) is 0. The molecule has 0 radical (unpaired) electrons. The van der Waals surface area contributed by atoms with E-state index in [2.05, 4.69) is 9.97 Å². The number of fused-ring (bicyclic) bond motifs is 1. The molecule has 0 amide bonds. The Labute approximate surface area is 82.3 Å². The smallest absolute Gasteiger partial charge is 0.194 e. The van der Waals surface area contributed by atoms with Crippen molar-refractivity contribution >= 4 is 27.6 Å². The van der Waals surface area contributed by atoms with E-state index in [1.165, 1.54) is 0 Å². The van der Waals surface area contributed by atoms with E-state index in [1.54, 1.807) is 28.9 Å². The summed E-state index contributed by atoms with van der Waals surface area (Å²) in [5.74, 6) is 0. The van der Waals surface area contributed by atoms with Gasteiger partial charge in [-0.3, -0.25) is 4.40 Å². The van der Waals surface area contributed by atoms with Gasteiger partial charge in [0.05, 0.1) is 0 Å². The summed E-state index contributed by atoms with van der Waals surface area (Å²) >= 11 is 3.25. The lowest BCUT2D eigenvalue weighted by molar-refractivity contribution is 1.23. The van der Waals surface area contributed by atoms with Gasteiger partial charge in [-0.2, -0.15) is 0 Å². The van der Waals surface area contributed by atoms with E-state index in [9.17, 15) is 0 Å². The summed E-state index contributed by atoms with van der Waals surface area (Å²) in [6.45, 7) is 0. The molecule has 0 unspecified atom stereocenters. The Morgan fingerprint density at radius 2 is 2.23 bits per heavy atom. The molecule has 3 heterocycles. The van der Waals surface area contributed by atoms with Gasteiger partial charge in [0.25, 0.3) is 0 Å².